The number of anilines is 1. The van der Waals surface area contributed by atoms with Crippen LogP contribution in [0, 0.1) is 0 Å². The lowest BCUT2D eigenvalue weighted by Crippen LogP contribution is -2.40. The summed E-state index contributed by atoms with van der Waals surface area (Å²) in [5.41, 5.74) is 0.230. The quantitative estimate of drug-likeness (QED) is 0.739. The first kappa shape index (κ1) is 22.0. The maximum absolute atomic E-state index is 13.4. The number of aliphatic hydroxyl groups is 1. The van der Waals surface area contributed by atoms with Crippen LogP contribution in [-0.2, 0) is 17.6 Å². The summed E-state index contributed by atoms with van der Waals surface area (Å²) >= 11 is 0. The van der Waals surface area contributed by atoms with E-state index in [1.165, 1.54) is 12.1 Å². The number of hydrogen-bond donors (Lipinski definition) is 1. The SMILES string of the molecule is CCN(c1ccccc1C(F)(F)F)C1CCN(C(=O)COc2ccc(CO)cc2)C1. The molecule has 3 rings (SSSR count). The van der Waals surface area contributed by atoms with Gasteiger partial charge in [-0.2, -0.15) is 13.2 Å². The minimum absolute atomic E-state index is 0.0697. The van der Waals surface area contributed by atoms with Gasteiger partial charge in [-0.15, -0.1) is 0 Å². The van der Waals surface area contributed by atoms with Crippen molar-refractivity contribution in [3.8, 4) is 5.75 Å². The molecule has 2 aromatic carbocycles. The molecule has 8 heteroatoms. The van der Waals surface area contributed by atoms with Gasteiger partial charge < -0.3 is 19.6 Å². The van der Waals surface area contributed by atoms with E-state index in [4.69, 9.17) is 9.84 Å². The Morgan fingerprint density at radius 1 is 1.20 bits per heavy atom. The summed E-state index contributed by atoms with van der Waals surface area (Å²) in [4.78, 5) is 15.9. The lowest BCUT2D eigenvalue weighted by atomic mass is 10.1. The number of nitrogens with zero attached hydrogens (tertiary/aromatic N) is 2. The molecule has 0 bridgehead atoms. The van der Waals surface area contributed by atoms with E-state index in [2.05, 4.69) is 0 Å². The number of amides is 1. The van der Waals surface area contributed by atoms with Gasteiger partial charge in [0.05, 0.1) is 12.2 Å². The first-order valence-corrected chi connectivity index (χ1v) is 9.86. The van der Waals surface area contributed by atoms with Crippen LogP contribution in [-0.4, -0.2) is 48.2 Å². The molecular weight excluding hydrogens is 397 g/mol. The zero-order valence-corrected chi connectivity index (χ0v) is 16.7. The Bertz CT molecular complexity index is 855. The predicted molar refractivity (Wildman–Crippen MR) is 107 cm³/mol. The molecule has 30 heavy (non-hydrogen) atoms. The maximum Gasteiger partial charge on any atom is 0.418 e. The van der Waals surface area contributed by atoms with E-state index >= 15 is 0 Å². The van der Waals surface area contributed by atoms with E-state index in [9.17, 15) is 18.0 Å². The number of ether oxygens (including phenoxy) is 1. The number of likely N-dealkylation sites (N-methyl/N-ethyl adjacent to an activating group) is 1. The molecule has 0 aliphatic carbocycles. The van der Waals surface area contributed by atoms with Gasteiger partial charge in [-0.3, -0.25) is 4.79 Å². The molecule has 1 heterocycles. The van der Waals surface area contributed by atoms with Gasteiger partial charge in [0.2, 0.25) is 0 Å². The fourth-order valence-electron chi connectivity index (χ4n) is 3.74. The second-order valence-corrected chi connectivity index (χ2v) is 7.17. The normalized spacial score (nSPS) is 16.6. The third-order valence-corrected chi connectivity index (χ3v) is 5.28. The zero-order chi connectivity index (χ0) is 21.7. The third kappa shape index (κ3) is 5.05. The second kappa shape index (κ2) is 9.38. The molecule has 0 spiro atoms. The Morgan fingerprint density at radius 3 is 2.53 bits per heavy atom. The molecule has 1 atom stereocenters. The standard InChI is InChI=1S/C22H25F3N2O3/c1-2-27(20-6-4-3-5-19(20)22(23,24)25)17-11-12-26(13-17)21(29)15-30-18-9-7-16(14-28)8-10-18/h3-10,17,28H,2,11-15H2,1H3. The number of para-hydroxylation sites is 1. The minimum atomic E-state index is -4.43. The third-order valence-electron chi connectivity index (χ3n) is 5.28. The Hall–Kier alpha value is -2.74. The van der Waals surface area contributed by atoms with Crippen molar-refractivity contribution in [2.75, 3.05) is 31.1 Å². The average molecular weight is 422 g/mol. The fraction of sp³-hybridized carbons (Fsp3) is 0.409. The van der Waals surface area contributed by atoms with Crippen LogP contribution < -0.4 is 9.64 Å². The molecule has 1 aliphatic heterocycles. The molecule has 1 amide bonds. The highest BCUT2D eigenvalue weighted by Crippen LogP contribution is 2.37. The smallest absolute Gasteiger partial charge is 0.418 e. The van der Waals surface area contributed by atoms with Crippen LogP contribution in [0.2, 0.25) is 0 Å². The number of rotatable bonds is 7. The Morgan fingerprint density at radius 2 is 1.90 bits per heavy atom. The highest BCUT2D eigenvalue weighted by Gasteiger charge is 2.37. The highest BCUT2D eigenvalue weighted by atomic mass is 19.4. The first-order valence-electron chi connectivity index (χ1n) is 9.86. The summed E-state index contributed by atoms with van der Waals surface area (Å²) < 4.78 is 45.8. The van der Waals surface area contributed by atoms with Crippen LogP contribution in [0.4, 0.5) is 18.9 Å². The van der Waals surface area contributed by atoms with Crippen molar-refractivity contribution in [2.45, 2.75) is 32.2 Å². The molecule has 0 aromatic heterocycles. The van der Waals surface area contributed by atoms with Crippen LogP contribution in [0.1, 0.15) is 24.5 Å². The summed E-state index contributed by atoms with van der Waals surface area (Å²) in [7, 11) is 0. The number of carbonyl (C=O) groups excluding carboxylic acids is 1. The number of aliphatic hydroxyl groups excluding tert-OH is 1. The molecule has 1 saturated heterocycles. The number of alkyl halides is 3. The van der Waals surface area contributed by atoms with Gasteiger partial charge in [-0.1, -0.05) is 24.3 Å². The zero-order valence-electron chi connectivity index (χ0n) is 16.7. The highest BCUT2D eigenvalue weighted by molar-refractivity contribution is 5.78. The first-order chi connectivity index (χ1) is 14.3. The molecule has 2 aromatic rings. The number of benzene rings is 2. The Labute approximate surface area is 173 Å². The van der Waals surface area contributed by atoms with E-state index in [-0.39, 0.29) is 30.9 Å². The van der Waals surface area contributed by atoms with Gasteiger partial charge in [0.15, 0.2) is 6.61 Å². The molecule has 1 fully saturated rings. The van der Waals surface area contributed by atoms with E-state index < -0.39 is 11.7 Å². The molecule has 1 aliphatic rings. The van der Waals surface area contributed by atoms with E-state index in [0.717, 1.165) is 11.6 Å². The van der Waals surface area contributed by atoms with Crippen LogP contribution in [0.3, 0.4) is 0 Å². The largest absolute Gasteiger partial charge is 0.484 e. The van der Waals surface area contributed by atoms with Crippen LogP contribution in [0.5, 0.6) is 5.75 Å². The van der Waals surface area contributed by atoms with E-state index in [1.54, 1.807) is 40.1 Å². The summed E-state index contributed by atoms with van der Waals surface area (Å²) in [6.45, 7) is 2.84. The predicted octanol–water partition coefficient (Wildman–Crippen LogP) is 3.70. The summed E-state index contributed by atoms with van der Waals surface area (Å²) in [6.07, 6.45) is -3.84. The molecule has 1 unspecified atom stereocenters. The topological polar surface area (TPSA) is 53.0 Å². The summed E-state index contributed by atoms with van der Waals surface area (Å²) in [5.74, 6) is 0.314. The van der Waals surface area contributed by atoms with Gasteiger partial charge >= 0.3 is 6.18 Å². The average Bonchev–Trinajstić information content (AvgIpc) is 3.22. The monoisotopic (exact) mass is 422 g/mol. The van der Waals surface area contributed by atoms with Crippen molar-refractivity contribution in [3.05, 3.63) is 59.7 Å². The van der Waals surface area contributed by atoms with Crippen LogP contribution >= 0.6 is 0 Å². The number of likely N-dealkylation sites (tertiary alicyclic amines) is 1. The number of hydrogen-bond acceptors (Lipinski definition) is 4. The maximum atomic E-state index is 13.4. The van der Waals surface area contributed by atoms with E-state index in [0.29, 0.717) is 31.8 Å². The molecule has 0 saturated carbocycles. The molecule has 5 nitrogen and oxygen atoms in total. The van der Waals surface area contributed by atoms with Crippen molar-refractivity contribution in [1.29, 1.82) is 0 Å². The van der Waals surface area contributed by atoms with Gasteiger partial charge in [0, 0.05) is 31.4 Å². The van der Waals surface area contributed by atoms with Gasteiger partial charge in [0.1, 0.15) is 5.75 Å². The molecule has 1 N–H and O–H groups in total. The van der Waals surface area contributed by atoms with Crippen molar-refractivity contribution >= 4 is 11.6 Å². The summed E-state index contributed by atoms with van der Waals surface area (Å²) in [6, 6.07) is 12.1. The van der Waals surface area contributed by atoms with Crippen molar-refractivity contribution in [3.63, 3.8) is 0 Å². The van der Waals surface area contributed by atoms with Crippen molar-refractivity contribution in [1.82, 2.24) is 4.90 Å². The Kier molecular flexibility index (Phi) is 6.87. The lowest BCUT2D eigenvalue weighted by molar-refractivity contribution is -0.137. The fourth-order valence-corrected chi connectivity index (χ4v) is 3.74. The van der Waals surface area contributed by atoms with Crippen LogP contribution in [0.15, 0.2) is 48.5 Å². The second-order valence-electron chi connectivity index (χ2n) is 7.17. The minimum Gasteiger partial charge on any atom is -0.484 e. The van der Waals surface area contributed by atoms with Gasteiger partial charge in [-0.25, -0.2) is 0 Å². The summed E-state index contributed by atoms with van der Waals surface area (Å²) in [5, 5.41) is 9.06. The Balaban J connectivity index is 1.63. The van der Waals surface area contributed by atoms with Crippen LogP contribution in [0.25, 0.3) is 0 Å². The molecule has 0 radical (unpaired) electrons. The van der Waals surface area contributed by atoms with Crippen molar-refractivity contribution in [2.24, 2.45) is 0 Å². The van der Waals surface area contributed by atoms with Crippen molar-refractivity contribution < 1.29 is 27.8 Å². The molecule has 162 valence electrons. The molecular formula is C22H25F3N2O3. The number of carbonyl (C=O) groups is 1. The number of halogens is 3. The van der Waals surface area contributed by atoms with E-state index in [1.807, 2.05) is 6.92 Å². The van der Waals surface area contributed by atoms with Gasteiger partial charge in [0.25, 0.3) is 5.91 Å². The van der Waals surface area contributed by atoms with Gasteiger partial charge in [-0.05, 0) is 43.2 Å². The lowest BCUT2D eigenvalue weighted by Gasteiger charge is -2.32.